The molecule has 2 aromatic carbocycles. The number of Topliss-reactive ketones (excluding diaryl/α,β-unsaturated/α-hetero) is 1. The first-order valence-corrected chi connectivity index (χ1v) is 6.75. The summed E-state index contributed by atoms with van der Waals surface area (Å²) in [4.78, 5) is 16.8. The number of rotatable bonds is 3. The predicted molar refractivity (Wildman–Crippen MR) is 79.9 cm³/mol. The molecule has 0 unspecified atom stereocenters. The SMILES string of the molecule is Cc1cc(F)cc(C(=O)Cc2nc3ccccc3n2C)c1. The maximum Gasteiger partial charge on any atom is 0.170 e. The molecule has 21 heavy (non-hydrogen) atoms. The molecule has 0 spiro atoms. The molecule has 3 rings (SSSR count). The van der Waals surface area contributed by atoms with Crippen LogP contribution >= 0.6 is 0 Å². The van der Waals surface area contributed by atoms with Crippen LogP contribution in [0.3, 0.4) is 0 Å². The van der Waals surface area contributed by atoms with E-state index in [9.17, 15) is 9.18 Å². The first-order valence-electron chi connectivity index (χ1n) is 6.75. The number of nitrogens with zero attached hydrogens (tertiary/aromatic N) is 2. The van der Waals surface area contributed by atoms with Crippen LogP contribution in [0.15, 0.2) is 42.5 Å². The van der Waals surface area contributed by atoms with Crippen LogP contribution in [0.1, 0.15) is 21.7 Å². The van der Waals surface area contributed by atoms with E-state index >= 15 is 0 Å². The van der Waals surface area contributed by atoms with Crippen LogP contribution in [0.2, 0.25) is 0 Å². The Bertz CT molecular complexity index is 816. The summed E-state index contributed by atoms with van der Waals surface area (Å²) in [6.45, 7) is 1.77. The molecule has 106 valence electrons. The molecule has 0 atom stereocenters. The van der Waals surface area contributed by atoms with Crippen LogP contribution in [0.4, 0.5) is 4.39 Å². The summed E-state index contributed by atoms with van der Waals surface area (Å²) in [5.41, 5.74) is 2.97. The third-order valence-corrected chi connectivity index (χ3v) is 3.56. The van der Waals surface area contributed by atoms with Gasteiger partial charge in [0.05, 0.1) is 17.5 Å². The van der Waals surface area contributed by atoms with E-state index in [2.05, 4.69) is 4.98 Å². The second-order valence-electron chi connectivity index (χ2n) is 5.19. The van der Waals surface area contributed by atoms with E-state index in [0.29, 0.717) is 11.4 Å². The molecule has 0 saturated heterocycles. The maximum atomic E-state index is 13.4. The molecule has 0 saturated carbocycles. The van der Waals surface area contributed by atoms with Crippen LogP contribution < -0.4 is 0 Å². The van der Waals surface area contributed by atoms with Crippen molar-refractivity contribution < 1.29 is 9.18 Å². The van der Waals surface area contributed by atoms with E-state index < -0.39 is 0 Å². The minimum atomic E-state index is -0.386. The highest BCUT2D eigenvalue weighted by molar-refractivity contribution is 5.97. The lowest BCUT2D eigenvalue weighted by atomic mass is 10.1. The number of imidazole rings is 1. The number of fused-ring (bicyclic) bond motifs is 1. The molecule has 0 N–H and O–H groups in total. The molecule has 3 aromatic rings. The van der Waals surface area contributed by atoms with E-state index in [1.54, 1.807) is 13.0 Å². The van der Waals surface area contributed by atoms with Crippen LogP contribution in [0, 0.1) is 12.7 Å². The second kappa shape index (κ2) is 5.13. The van der Waals surface area contributed by atoms with Gasteiger partial charge in [0.1, 0.15) is 11.6 Å². The van der Waals surface area contributed by atoms with Gasteiger partial charge in [-0.3, -0.25) is 4.79 Å². The number of aryl methyl sites for hydroxylation is 2. The van der Waals surface area contributed by atoms with Gasteiger partial charge in [-0.1, -0.05) is 12.1 Å². The predicted octanol–water partition coefficient (Wildman–Crippen LogP) is 3.45. The summed E-state index contributed by atoms with van der Waals surface area (Å²) in [7, 11) is 1.88. The van der Waals surface area contributed by atoms with Crippen molar-refractivity contribution in [3.63, 3.8) is 0 Å². The van der Waals surface area contributed by atoms with Crippen molar-refractivity contribution in [2.45, 2.75) is 13.3 Å². The fraction of sp³-hybridized carbons (Fsp3) is 0.176. The summed E-state index contributed by atoms with van der Waals surface area (Å²) in [6, 6.07) is 12.1. The van der Waals surface area contributed by atoms with Crippen molar-refractivity contribution in [2.75, 3.05) is 0 Å². The molecule has 0 aliphatic heterocycles. The van der Waals surface area contributed by atoms with Gasteiger partial charge in [0.25, 0.3) is 0 Å². The second-order valence-corrected chi connectivity index (χ2v) is 5.19. The number of halogens is 1. The molecule has 0 radical (unpaired) electrons. The number of ketones is 1. The number of hydrogen-bond acceptors (Lipinski definition) is 2. The Morgan fingerprint density at radius 3 is 2.71 bits per heavy atom. The number of benzene rings is 2. The number of carbonyl (C=O) groups is 1. The maximum absolute atomic E-state index is 13.4. The van der Waals surface area contributed by atoms with E-state index in [-0.39, 0.29) is 18.0 Å². The Morgan fingerprint density at radius 2 is 2.00 bits per heavy atom. The van der Waals surface area contributed by atoms with Gasteiger partial charge >= 0.3 is 0 Å². The van der Waals surface area contributed by atoms with Crippen molar-refractivity contribution in [1.29, 1.82) is 0 Å². The van der Waals surface area contributed by atoms with Gasteiger partial charge in [-0.15, -0.1) is 0 Å². The van der Waals surface area contributed by atoms with Crippen molar-refractivity contribution in [1.82, 2.24) is 9.55 Å². The van der Waals surface area contributed by atoms with E-state index in [1.165, 1.54) is 12.1 Å². The molecule has 4 heteroatoms. The Labute approximate surface area is 122 Å². The number of hydrogen-bond donors (Lipinski definition) is 0. The van der Waals surface area contributed by atoms with Crippen LogP contribution in [0.25, 0.3) is 11.0 Å². The summed E-state index contributed by atoms with van der Waals surface area (Å²) in [5.74, 6) is 0.169. The van der Waals surface area contributed by atoms with Crippen LogP contribution in [-0.4, -0.2) is 15.3 Å². The Morgan fingerprint density at radius 1 is 1.24 bits per heavy atom. The third kappa shape index (κ3) is 2.57. The first kappa shape index (κ1) is 13.5. The third-order valence-electron chi connectivity index (χ3n) is 3.56. The summed E-state index contributed by atoms with van der Waals surface area (Å²) >= 11 is 0. The average Bonchev–Trinajstić information content (AvgIpc) is 2.75. The normalized spacial score (nSPS) is 11.0. The van der Waals surface area contributed by atoms with Gasteiger partial charge in [-0.25, -0.2) is 9.37 Å². The monoisotopic (exact) mass is 282 g/mol. The van der Waals surface area contributed by atoms with Crippen molar-refractivity contribution in [3.8, 4) is 0 Å². The largest absolute Gasteiger partial charge is 0.331 e. The zero-order chi connectivity index (χ0) is 15.0. The molecule has 0 aliphatic carbocycles. The zero-order valence-electron chi connectivity index (χ0n) is 11.9. The quantitative estimate of drug-likeness (QED) is 0.690. The molecular formula is C17H15FN2O. The van der Waals surface area contributed by atoms with Crippen molar-refractivity contribution in [2.24, 2.45) is 7.05 Å². The van der Waals surface area contributed by atoms with Gasteiger partial charge in [0.2, 0.25) is 0 Å². The summed E-state index contributed by atoms with van der Waals surface area (Å²) in [6.07, 6.45) is 0.161. The lowest BCUT2D eigenvalue weighted by Crippen LogP contribution is -2.09. The Hall–Kier alpha value is -2.49. The lowest BCUT2D eigenvalue weighted by molar-refractivity contribution is 0.0989. The van der Waals surface area contributed by atoms with E-state index in [4.69, 9.17) is 0 Å². The standard InChI is InChI=1S/C17H15FN2O/c1-11-7-12(9-13(18)8-11)16(21)10-17-19-14-5-3-4-6-15(14)20(17)2/h3-9H,10H2,1-2H3. The van der Waals surface area contributed by atoms with Crippen LogP contribution in [-0.2, 0) is 13.5 Å². The van der Waals surface area contributed by atoms with Crippen molar-refractivity contribution in [3.05, 3.63) is 65.2 Å². The highest BCUT2D eigenvalue weighted by Gasteiger charge is 2.14. The van der Waals surface area contributed by atoms with Gasteiger partial charge < -0.3 is 4.57 Å². The Kier molecular flexibility index (Phi) is 3.29. The average molecular weight is 282 g/mol. The zero-order valence-corrected chi connectivity index (χ0v) is 11.9. The molecular weight excluding hydrogens is 267 g/mol. The topological polar surface area (TPSA) is 34.9 Å². The highest BCUT2D eigenvalue weighted by atomic mass is 19.1. The minimum absolute atomic E-state index is 0.129. The molecule has 0 fully saturated rings. The lowest BCUT2D eigenvalue weighted by Gasteiger charge is -2.04. The summed E-state index contributed by atoms with van der Waals surface area (Å²) < 4.78 is 15.3. The van der Waals surface area contributed by atoms with Crippen molar-refractivity contribution >= 4 is 16.8 Å². The molecule has 0 bridgehead atoms. The van der Waals surface area contributed by atoms with Gasteiger partial charge in [0.15, 0.2) is 5.78 Å². The molecule has 0 aliphatic rings. The van der Waals surface area contributed by atoms with Crippen LogP contribution in [0.5, 0.6) is 0 Å². The Balaban J connectivity index is 1.94. The van der Waals surface area contributed by atoms with Gasteiger partial charge in [-0.05, 0) is 42.8 Å². The molecule has 1 aromatic heterocycles. The smallest absolute Gasteiger partial charge is 0.170 e. The number of para-hydroxylation sites is 2. The molecule has 3 nitrogen and oxygen atoms in total. The highest BCUT2D eigenvalue weighted by Crippen LogP contribution is 2.17. The fourth-order valence-corrected chi connectivity index (χ4v) is 2.50. The van der Waals surface area contributed by atoms with Gasteiger partial charge in [-0.2, -0.15) is 0 Å². The van der Waals surface area contributed by atoms with Gasteiger partial charge in [0, 0.05) is 12.6 Å². The summed E-state index contributed by atoms with van der Waals surface area (Å²) in [5, 5.41) is 0. The van der Waals surface area contributed by atoms with E-state index in [1.807, 2.05) is 35.9 Å². The minimum Gasteiger partial charge on any atom is -0.331 e. The first-order chi connectivity index (χ1) is 10.0. The number of aromatic nitrogens is 2. The van der Waals surface area contributed by atoms with E-state index in [0.717, 1.165) is 16.6 Å². The molecule has 0 amide bonds. The fourth-order valence-electron chi connectivity index (χ4n) is 2.50. The molecule has 1 heterocycles. The number of carbonyl (C=O) groups excluding carboxylic acids is 1.